The van der Waals surface area contributed by atoms with Gasteiger partial charge < -0.3 is 8.83 Å². The Morgan fingerprint density at radius 3 is 2.36 bits per heavy atom. The van der Waals surface area contributed by atoms with Crippen molar-refractivity contribution >= 4 is 33.1 Å². The van der Waals surface area contributed by atoms with Gasteiger partial charge in [-0.05, 0) is 72.4 Å². The summed E-state index contributed by atoms with van der Waals surface area (Å²) in [5, 5.41) is 2.12. The third kappa shape index (κ3) is 3.38. The number of hydrogen-bond donors (Lipinski definition) is 0. The summed E-state index contributed by atoms with van der Waals surface area (Å²) >= 11 is 0. The fourth-order valence-corrected chi connectivity index (χ4v) is 8.69. The number of aromatic nitrogens is 3. The summed E-state index contributed by atoms with van der Waals surface area (Å²) < 4.78 is 17.9. The average Bonchev–Trinajstić information content (AvgIpc) is 3.79. The van der Waals surface area contributed by atoms with Crippen molar-refractivity contribution in [3.05, 3.63) is 148 Å². The highest BCUT2D eigenvalue weighted by molar-refractivity contribution is 6.09. The van der Waals surface area contributed by atoms with Gasteiger partial charge in [0.1, 0.15) is 17.0 Å². The second-order valence-electron chi connectivity index (χ2n) is 13.6. The molecule has 8 aromatic rings. The van der Waals surface area contributed by atoms with Crippen molar-refractivity contribution < 1.29 is 13.4 Å². The van der Waals surface area contributed by atoms with E-state index in [0.29, 0.717) is 11.6 Å². The van der Waals surface area contributed by atoms with Crippen LogP contribution in [-0.4, -0.2) is 9.55 Å². The second kappa shape index (κ2) is 9.32. The summed E-state index contributed by atoms with van der Waals surface area (Å²) in [6, 6.07) is 33.3. The number of hydrogen-bond acceptors (Lipinski definition) is 3. The Balaban J connectivity index is 1.40. The number of nitrogens with zero attached hydrogens (tertiary/aromatic N) is 3. The highest BCUT2D eigenvalue weighted by atomic mass is 16.3. The van der Waals surface area contributed by atoms with Crippen LogP contribution in [0.4, 0.5) is 0 Å². The molecule has 0 aliphatic heterocycles. The quantitative estimate of drug-likeness (QED) is 0.187. The van der Waals surface area contributed by atoms with Crippen molar-refractivity contribution in [1.82, 2.24) is 9.55 Å². The number of imidazole rings is 1. The van der Waals surface area contributed by atoms with Crippen LogP contribution in [0.1, 0.15) is 82.0 Å². The summed E-state index contributed by atoms with van der Waals surface area (Å²) in [5.41, 5.74) is 16.4. The van der Waals surface area contributed by atoms with E-state index in [4.69, 9.17) is 13.8 Å². The van der Waals surface area contributed by atoms with Gasteiger partial charge in [-0.3, -0.25) is 0 Å². The van der Waals surface area contributed by atoms with Crippen molar-refractivity contribution in [2.75, 3.05) is 0 Å². The number of furan rings is 2. The number of fused-ring (bicyclic) bond motifs is 4. The van der Waals surface area contributed by atoms with Crippen LogP contribution in [0.25, 0.3) is 50.2 Å². The van der Waals surface area contributed by atoms with Crippen molar-refractivity contribution in [1.29, 1.82) is 0 Å². The van der Waals surface area contributed by atoms with Gasteiger partial charge in [0.25, 0.3) is 5.82 Å². The molecule has 5 nitrogen and oxygen atoms in total. The zero-order valence-electron chi connectivity index (χ0n) is 27.1. The molecule has 0 radical (unpaired) electrons. The van der Waals surface area contributed by atoms with Crippen LogP contribution in [-0.2, 0) is 7.05 Å². The van der Waals surface area contributed by atoms with E-state index in [-0.39, 0.29) is 11.8 Å². The van der Waals surface area contributed by atoms with Crippen LogP contribution in [0.5, 0.6) is 0 Å². The molecule has 4 aromatic heterocycles. The predicted octanol–water partition coefficient (Wildman–Crippen LogP) is 9.74. The van der Waals surface area contributed by atoms with E-state index in [1.54, 1.807) is 0 Å². The number of benzene rings is 4. The minimum absolute atomic E-state index is 0.0629. The molecule has 0 fully saturated rings. The lowest BCUT2D eigenvalue weighted by molar-refractivity contribution is -0.633. The highest BCUT2D eigenvalue weighted by Gasteiger charge is 2.47. The smallest absolute Gasteiger partial charge is 0.299 e. The van der Waals surface area contributed by atoms with Gasteiger partial charge in [0.05, 0.1) is 19.2 Å². The average molecular weight is 613 g/mol. The topological polar surface area (TPSA) is 48.0 Å². The minimum Gasteiger partial charge on any atom is -0.468 e. The van der Waals surface area contributed by atoms with E-state index in [1.807, 2.05) is 13.2 Å². The number of aryl methyl sites for hydroxylation is 3. The Hall–Kier alpha value is -5.42. The van der Waals surface area contributed by atoms with E-state index in [2.05, 4.69) is 128 Å². The first-order valence-electron chi connectivity index (χ1n) is 16.5. The zero-order chi connectivity index (χ0) is 31.7. The molecular weight excluding hydrogens is 578 g/mol. The minimum atomic E-state index is 0.0629. The molecule has 11 rings (SSSR count). The first-order valence-corrected chi connectivity index (χ1v) is 16.5. The maximum absolute atomic E-state index is 6.71. The zero-order valence-corrected chi connectivity index (χ0v) is 27.1. The molecule has 0 N–H and O–H groups in total. The Bertz CT molecular complexity index is 2610. The molecule has 3 aliphatic rings. The molecule has 4 heterocycles. The molecule has 2 atom stereocenters. The maximum Gasteiger partial charge on any atom is 0.299 e. The van der Waals surface area contributed by atoms with E-state index in [1.165, 1.54) is 50.1 Å². The molecule has 2 bridgehead atoms. The van der Waals surface area contributed by atoms with Crippen molar-refractivity contribution in [2.45, 2.75) is 45.4 Å². The summed E-state index contributed by atoms with van der Waals surface area (Å²) in [7, 11) is 2.21. The molecule has 0 saturated carbocycles. The van der Waals surface area contributed by atoms with Crippen molar-refractivity contribution in [3.8, 4) is 17.1 Å². The molecule has 0 spiro atoms. The molecular formula is C42H34N3O2+. The van der Waals surface area contributed by atoms with Gasteiger partial charge in [0.2, 0.25) is 5.71 Å². The second-order valence-corrected chi connectivity index (χ2v) is 13.6. The molecule has 47 heavy (non-hydrogen) atoms. The fourth-order valence-electron chi connectivity index (χ4n) is 8.69. The van der Waals surface area contributed by atoms with Crippen LogP contribution in [0.15, 0.2) is 106 Å². The number of pyridine rings is 1. The molecule has 5 heteroatoms. The number of para-hydroxylation sites is 1. The first-order chi connectivity index (χ1) is 22.9. The SMILES string of the molecule is Cc1ccc2c(n1)oc1c(-c3n(-c4ccccc4C(C)C)c4c5c(ccc4[n+]3C)C3c4ccccc4C5c4ccoc43)c(C)ccc12. The normalized spacial score (nSPS) is 16.4. The Morgan fingerprint density at radius 1 is 0.766 bits per heavy atom. The Labute approximate surface area is 272 Å². The molecule has 228 valence electrons. The molecule has 2 unspecified atom stereocenters. The number of rotatable bonds is 3. The summed E-state index contributed by atoms with van der Waals surface area (Å²) in [6.45, 7) is 8.78. The lowest BCUT2D eigenvalue weighted by Crippen LogP contribution is -2.31. The predicted molar refractivity (Wildman–Crippen MR) is 186 cm³/mol. The van der Waals surface area contributed by atoms with Gasteiger partial charge in [0, 0.05) is 39.1 Å². The van der Waals surface area contributed by atoms with Crippen LogP contribution < -0.4 is 4.57 Å². The lowest BCUT2D eigenvalue weighted by atomic mass is 9.63. The Morgan fingerprint density at radius 2 is 1.53 bits per heavy atom. The monoisotopic (exact) mass is 612 g/mol. The van der Waals surface area contributed by atoms with Gasteiger partial charge in [-0.15, -0.1) is 0 Å². The van der Waals surface area contributed by atoms with E-state index in [0.717, 1.165) is 44.8 Å². The van der Waals surface area contributed by atoms with Crippen LogP contribution >= 0.6 is 0 Å². The van der Waals surface area contributed by atoms with Gasteiger partial charge in [0.15, 0.2) is 16.6 Å². The van der Waals surface area contributed by atoms with Gasteiger partial charge >= 0.3 is 0 Å². The standard InChI is InChI=1S/C42H34N3O2/c1-22(2)25-10-8-9-13-32(25)45-38-33(19-18-30-36-27-12-7-6-11-26(27)35(37(30)38)31-20-21-46-39(31)36)44(5)42(45)34-23(3)14-16-28-29-17-15-24(4)43-41(29)47-40(28)34/h6-22,35-36H,1-5H3/q+1. The third-order valence-electron chi connectivity index (χ3n) is 10.7. The van der Waals surface area contributed by atoms with Crippen LogP contribution in [0, 0.1) is 13.8 Å². The molecule has 3 aliphatic carbocycles. The first kappa shape index (κ1) is 26.8. The molecule has 0 saturated heterocycles. The fraction of sp³-hybridized carbons (Fsp3) is 0.190. The summed E-state index contributed by atoms with van der Waals surface area (Å²) in [5.74, 6) is 2.65. The van der Waals surface area contributed by atoms with Crippen LogP contribution in [0.2, 0.25) is 0 Å². The molecule has 4 aromatic carbocycles. The summed E-state index contributed by atoms with van der Waals surface area (Å²) in [4.78, 5) is 4.79. The third-order valence-corrected chi connectivity index (χ3v) is 10.7. The van der Waals surface area contributed by atoms with Gasteiger partial charge in [-0.1, -0.05) is 74.5 Å². The summed E-state index contributed by atoms with van der Waals surface area (Å²) in [6.07, 6.45) is 1.87. The lowest BCUT2D eigenvalue weighted by Gasteiger charge is -2.39. The highest BCUT2D eigenvalue weighted by Crippen LogP contribution is 2.58. The van der Waals surface area contributed by atoms with Crippen molar-refractivity contribution in [3.63, 3.8) is 0 Å². The van der Waals surface area contributed by atoms with Crippen LogP contribution in [0.3, 0.4) is 0 Å². The maximum atomic E-state index is 6.71. The van der Waals surface area contributed by atoms with Crippen molar-refractivity contribution in [2.24, 2.45) is 7.05 Å². The largest absolute Gasteiger partial charge is 0.468 e. The van der Waals surface area contributed by atoms with E-state index >= 15 is 0 Å². The van der Waals surface area contributed by atoms with Gasteiger partial charge in [-0.2, -0.15) is 4.57 Å². The Kier molecular flexibility index (Phi) is 5.31. The van der Waals surface area contributed by atoms with Gasteiger partial charge in [-0.25, -0.2) is 9.55 Å². The van der Waals surface area contributed by atoms with E-state index < -0.39 is 0 Å². The molecule has 0 amide bonds. The van der Waals surface area contributed by atoms with E-state index in [9.17, 15) is 0 Å².